The van der Waals surface area contributed by atoms with E-state index >= 15 is 8.78 Å². The Morgan fingerprint density at radius 1 is 1.05 bits per heavy atom. The van der Waals surface area contributed by atoms with Crippen LogP contribution in [0, 0.1) is 22.9 Å². The predicted molar refractivity (Wildman–Crippen MR) is 151 cm³/mol. The maximum Gasteiger partial charge on any atom is 0.319 e. The number of anilines is 2. The first-order chi connectivity index (χ1) is 18.2. The molecule has 3 rings (SSSR count). The average Bonchev–Trinajstić information content (AvgIpc) is 2.85. The number of nitrogens with zero attached hydrogens (tertiary/aromatic N) is 1. The first-order valence-corrected chi connectivity index (χ1v) is 15.0. The molecule has 0 fully saturated rings. The van der Waals surface area contributed by atoms with Gasteiger partial charge in [-0.05, 0) is 56.1 Å². The highest BCUT2D eigenvalue weighted by Crippen LogP contribution is 2.40. The van der Waals surface area contributed by atoms with Crippen LogP contribution in [0.25, 0.3) is 11.1 Å². The summed E-state index contributed by atoms with van der Waals surface area (Å²) in [5, 5.41) is 5.68. The Morgan fingerprint density at radius 3 is 2.33 bits per heavy atom. The summed E-state index contributed by atoms with van der Waals surface area (Å²) < 4.78 is 57.4. The van der Waals surface area contributed by atoms with Crippen molar-refractivity contribution in [2.24, 2.45) is 5.41 Å². The standard InChI is InChI=1S/C28H30ClF3N3O3P/c1-17(33-27(37)34-22-12-10-18(29)14-21(22)30)28(2,3)15-35(16-36)23-13-11-20(25(31)26(23)32)19-8-6-7-9-24(19)39(4,5)38/h6-14,16-17H,15H2,1-5H3,(H2,33,34,37). The average molecular weight is 580 g/mol. The minimum Gasteiger partial charge on any atom is -0.335 e. The number of urea groups is 1. The summed E-state index contributed by atoms with van der Waals surface area (Å²) in [4.78, 5) is 25.5. The summed E-state index contributed by atoms with van der Waals surface area (Å²) in [6.07, 6.45) is 0.384. The van der Waals surface area contributed by atoms with E-state index in [1.807, 2.05) is 0 Å². The molecule has 39 heavy (non-hydrogen) atoms. The molecule has 0 bridgehead atoms. The Balaban J connectivity index is 1.81. The fraction of sp³-hybridized carbons (Fsp3) is 0.286. The van der Waals surface area contributed by atoms with Crippen LogP contribution < -0.4 is 20.8 Å². The maximum absolute atomic E-state index is 15.3. The number of carbonyl (C=O) groups is 2. The Labute approximate surface area is 230 Å². The van der Waals surface area contributed by atoms with Gasteiger partial charge < -0.3 is 20.1 Å². The zero-order chi connectivity index (χ0) is 29.1. The molecule has 0 aliphatic heterocycles. The Kier molecular flexibility index (Phi) is 9.19. The third-order valence-electron chi connectivity index (χ3n) is 6.55. The molecule has 3 aromatic carbocycles. The van der Waals surface area contributed by atoms with Gasteiger partial charge in [0.05, 0.1) is 11.4 Å². The van der Waals surface area contributed by atoms with Gasteiger partial charge in [-0.2, -0.15) is 0 Å². The number of amides is 3. The molecular weight excluding hydrogens is 550 g/mol. The van der Waals surface area contributed by atoms with E-state index in [0.717, 1.165) is 11.0 Å². The third kappa shape index (κ3) is 7.02. The highest BCUT2D eigenvalue weighted by Gasteiger charge is 2.32. The molecule has 1 unspecified atom stereocenters. The van der Waals surface area contributed by atoms with Crippen LogP contribution in [-0.2, 0) is 9.36 Å². The van der Waals surface area contributed by atoms with Crippen molar-refractivity contribution < 1.29 is 27.3 Å². The van der Waals surface area contributed by atoms with Gasteiger partial charge in [0.25, 0.3) is 0 Å². The van der Waals surface area contributed by atoms with Gasteiger partial charge in [-0.3, -0.25) is 4.79 Å². The number of hydrogen-bond acceptors (Lipinski definition) is 3. The molecule has 6 nitrogen and oxygen atoms in total. The van der Waals surface area contributed by atoms with Crippen LogP contribution in [-0.4, -0.2) is 38.4 Å². The Morgan fingerprint density at radius 2 is 1.72 bits per heavy atom. The van der Waals surface area contributed by atoms with Gasteiger partial charge in [-0.25, -0.2) is 18.0 Å². The lowest BCUT2D eigenvalue weighted by molar-refractivity contribution is -0.107. The number of rotatable bonds is 9. The van der Waals surface area contributed by atoms with Crippen LogP contribution in [0.2, 0.25) is 5.02 Å². The van der Waals surface area contributed by atoms with Crippen LogP contribution in [0.4, 0.5) is 29.3 Å². The monoisotopic (exact) mass is 579 g/mol. The lowest BCUT2D eigenvalue weighted by atomic mass is 9.84. The van der Waals surface area contributed by atoms with E-state index in [1.165, 1.54) is 24.3 Å². The number of benzene rings is 3. The topological polar surface area (TPSA) is 78.5 Å². The lowest BCUT2D eigenvalue weighted by Crippen LogP contribution is -2.49. The Bertz CT molecular complexity index is 1440. The van der Waals surface area contributed by atoms with Crippen molar-refractivity contribution in [2.75, 3.05) is 30.1 Å². The zero-order valence-corrected chi connectivity index (χ0v) is 23.8. The fourth-order valence-electron chi connectivity index (χ4n) is 4.04. The summed E-state index contributed by atoms with van der Waals surface area (Å²) in [5.41, 5.74) is -0.942. The molecule has 208 valence electrons. The third-order valence-corrected chi connectivity index (χ3v) is 8.34. The fourth-order valence-corrected chi connectivity index (χ4v) is 5.42. The van der Waals surface area contributed by atoms with Gasteiger partial charge >= 0.3 is 6.03 Å². The van der Waals surface area contributed by atoms with Gasteiger partial charge in [0.15, 0.2) is 11.6 Å². The van der Waals surface area contributed by atoms with Crippen molar-refractivity contribution in [3.8, 4) is 11.1 Å². The SMILES string of the molecule is CC(NC(=O)Nc1ccc(Cl)cc1F)C(C)(C)CN(C=O)c1ccc(-c2ccccc2P(C)(C)=O)c(F)c1F. The van der Waals surface area contributed by atoms with Gasteiger partial charge in [0, 0.05) is 33.9 Å². The number of hydrogen-bond donors (Lipinski definition) is 2. The van der Waals surface area contributed by atoms with Gasteiger partial charge in [0.1, 0.15) is 13.0 Å². The molecule has 0 heterocycles. The first kappa shape index (κ1) is 30.3. The van der Waals surface area contributed by atoms with Crippen molar-refractivity contribution in [2.45, 2.75) is 26.8 Å². The second-order valence-electron chi connectivity index (χ2n) is 10.3. The molecule has 3 aromatic rings. The van der Waals surface area contributed by atoms with Crippen LogP contribution >= 0.6 is 18.7 Å². The second-order valence-corrected chi connectivity index (χ2v) is 13.9. The highest BCUT2D eigenvalue weighted by molar-refractivity contribution is 7.70. The molecule has 0 spiro atoms. The smallest absolute Gasteiger partial charge is 0.319 e. The Hall–Kier alpha value is -3.29. The highest BCUT2D eigenvalue weighted by atomic mass is 35.5. The number of halogens is 4. The molecule has 0 aliphatic carbocycles. The molecule has 0 saturated carbocycles. The van der Waals surface area contributed by atoms with Crippen molar-refractivity contribution in [3.05, 3.63) is 77.1 Å². The molecule has 0 aliphatic rings. The lowest BCUT2D eigenvalue weighted by Gasteiger charge is -2.36. The minimum atomic E-state index is -2.79. The van der Waals surface area contributed by atoms with Crippen molar-refractivity contribution in [1.29, 1.82) is 0 Å². The second kappa shape index (κ2) is 11.8. The molecule has 0 aromatic heterocycles. The van der Waals surface area contributed by atoms with Gasteiger partial charge in [-0.1, -0.05) is 49.7 Å². The summed E-state index contributed by atoms with van der Waals surface area (Å²) >= 11 is 5.73. The van der Waals surface area contributed by atoms with Crippen LogP contribution in [0.1, 0.15) is 20.8 Å². The zero-order valence-electron chi connectivity index (χ0n) is 22.2. The predicted octanol–water partition coefficient (Wildman–Crippen LogP) is 6.87. The number of carbonyl (C=O) groups excluding carboxylic acids is 2. The van der Waals surface area contributed by atoms with Crippen molar-refractivity contribution >= 4 is 47.9 Å². The van der Waals surface area contributed by atoms with E-state index in [-0.39, 0.29) is 28.5 Å². The largest absolute Gasteiger partial charge is 0.335 e. The van der Waals surface area contributed by atoms with Crippen LogP contribution in [0.5, 0.6) is 0 Å². The van der Waals surface area contributed by atoms with E-state index in [0.29, 0.717) is 17.3 Å². The normalized spacial score (nSPS) is 12.5. The van der Waals surface area contributed by atoms with E-state index in [9.17, 15) is 18.5 Å². The van der Waals surface area contributed by atoms with Crippen molar-refractivity contribution in [1.82, 2.24) is 5.32 Å². The van der Waals surface area contributed by atoms with Gasteiger partial charge in [-0.15, -0.1) is 0 Å². The summed E-state index contributed by atoms with van der Waals surface area (Å²) in [7, 11) is -2.79. The summed E-state index contributed by atoms with van der Waals surface area (Å²) in [6.45, 7) is 8.15. The summed E-state index contributed by atoms with van der Waals surface area (Å²) in [6, 6.07) is 11.7. The maximum atomic E-state index is 15.3. The van der Waals surface area contributed by atoms with Gasteiger partial charge in [0.2, 0.25) is 6.41 Å². The summed E-state index contributed by atoms with van der Waals surface area (Å²) in [5.74, 6) is -3.11. The van der Waals surface area contributed by atoms with E-state index < -0.39 is 42.1 Å². The van der Waals surface area contributed by atoms with Crippen LogP contribution in [0.3, 0.4) is 0 Å². The van der Waals surface area contributed by atoms with Crippen molar-refractivity contribution in [3.63, 3.8) is 0 Å². The molecule has 0 saturated heterocycles. The molecule has 0 radical (unpaired) electrons. The quantitative estimate of drug-likeness (QED) is 0.214. The first-order valence-electron chi connectivity index (χ1n) is 12.0. The minimum absolute atomic E-state index is 0.0676. The van der Waals surface area contributed by atoms with E-state index in [1.54, 1.807) is 58.4 Å². The van der Waals surface area contributed by atoms with Crippen LogP contribution in [0.15, 0.2) is 54.6 Å². The van der Waals surface area contributed by atoms with E-state index in [2.05, 4.69) is 10.6 Å². The molecule has 1 atom stereocenters. The molecule has 11 heteroatoms. The molecule has 2 N–H and O–H groups in total. The van der Waals surface area contributed by atoms with E-state index in [4.69, 9.17) is 11.6 Å². The molecule has 3 amide bonds. The molecular formula is C28H30ClF3N3O3P. The number of nitrogens with one attached hydrogen (secondary N) is 2.